The molecule has 0 spiro atoms. The summed E-state index contributed by atoms with van der Waals surface area (Å²) in [6.45, 7) is 0. The Bertz CT molecular complexity index is 2840. The van der Waals surface area contributed by atoms with Gasteiger partial charge in [0.05, 0.1) is 22.7 Å². The fraction of sp³-hybridized carbons (Fsp3) is 0.0182. The smallest absolute Gasteiger partial charge is 0.0524 e. The summed E-state index contributed by atoms with van der Waals surface area (Å²) in [7, 11) is 0. The molecule has 0 aliphatic carbocycles. The predicted molar refractivity (Wildman–Crippen MR) is 242 cm³/mol. The molecule has 2 aliphatic heterocycles. The topological polar surface area (TPSA) is 9.72 Å². The first-order valence-corrected chi connectivity index (χ1v) is 20.0. The summed E-state index contributed by atoms with van der Waals surface area (Å²) >= 11 is 0. The molecule has 11 rings (SSSR count). The van der Waals surface area contributed by atoms with Gasteiger partial charge in [-0.05, 0) is 118 Å². The van der Waals surface area contributed by atoms with E-state index in [1.165, 1.54) is 61.7 Å². The highest BCUT2D eigenvalue weighted by atomic mass is 15.2. The van der Waals surface area contributed by atoms with Crippen LogP contribution < -0.4 is 14.7 Å². The van der Waals surface area contributed by atoms with Gasteiger partial charge in [0.25, 0.3) is 0 Å². The van der Waals surface area contributed by atoms with E-state index >= 15 is 0 Å². The van der Waals surface area contributed by atoms with E-state index in [4.69, 9.17) is 0 Å². The first-order chi connectivity index (χ1) is 28.8. The third-order valence-electron chi connectivity index (χ3n) is 11.6. The first-order valence-electron chi connectivity index (χ1n) is 20.0. The molecule has 274 valence electrons. The zero-order valence-corrected chi connectivity index (χ0v) is 31.9. The summed E-state index contributed by atoms with van der Waals surface area (Å²) in [6, 6.07) is 83.6. The number of rotatable bonds is 7. The van der Waals surface area contributed by atoms with Crippen LogP contribution in [0, 0.1) is 0 Å². The van der Waals surface area contributed by atoms with Gasteiger partial charge in [0.1, 0.15) is 0 Å². The number of hydrogen-bond donors (Lipinski definition) is 0. The SMILES string of the molecule is c1ccc(-c2ccc(N3c4ccc(-c5ccccc5)cc4C4c5ccc(N(c6ccccc6)c6ccccc6)cc5N(c5ccccc5)c5cccc3c54)cc2)cc1. The van der Waals surface area contributed by atoms with Crippen molar-refractivity contribution in [3.05, 3.63) is 247 Å². The van der Waals surface area contributed by atoms with Crippen molar-refractivity contribution in [2.75, 3.05) is 14.7 Å². The van der Waals surface area contributed by atoms with E-state index < -0.39 is 0 Å². The highest BCUT2D eigenvalue weighted by Gasteiger charge is 2.41. The van der Waals surface area contributed by atoms with Crippen molar-refractivity contribution in [3.63, 3.8) is 0 Å². The van der Waals surface area contributed by atoms with Crippen LogP contribution in [-0.4, -0.2) is 0 Å². The molecule has 3 nitrogen and oxygen atoms in total. The molecule has 58 heavy (non-hydrogen) atoms. The Morgan fingerprint density at radius 1 is 0.293 bits per heavy atom. The molecule has 9 aromatic rings. The van der Waals surface area contributed by atoms with Gasteiger partial charge in [0.2, 0.25) is 0 Å². The van der Waals surface area contributed by atoms with E-state index in [1.807, 2.05) is 0 Å². The zero-order chi connectivity index (χ0) is 38.4. The summed E-state index contributed by atoms with van der Waals surface area (Å²) in [5.74, 6) is -0.00406. The lowest BCUT2D eigenvalue weighted by Gasteiger charge is -2.45. The van der Waals surface area contributed by atoms with Crippen molar-refractivity contribution in [1.82, 2.24) is 0 Å². The minimum Gasteiger partial charge on any atom is -0.310 e. The molecule has 3 heteroatoms. The summed E-state index contributed by atoms with van der Waals surface area (Å²) in [4.78, 5) is 7.31. The van der Waals surface area contributed by atoms with Gasteiger partial charge in [0.15, 0.2) is 0 Å². The zero-order valence-electron chi connectivity index (χ0n) is 31.9. The van der Waals surface area contributed by atoms with Crippen molar-refractivity contribution in [2.45, 2.75) is 5.92 Å². The van der Waals surface area contributed by atoms with Crippen LogP contribution in [0.1, 0.15) is 22.6 Å². The average molecular weight is 742 g/mol. The maximum absolute atomic E-state index is 2.48. The van der Waals surface area contributed by atoms with Gasteiger partial charge in [-0.15, -0.1) is 0 Å². The largest absolute Gasteiger partial charge is 0.310 e. The maximum atomic E-state index is 2.48. The van der Waals surface area contributed by atoms with Crippen molar-refractivity contribution >= 4 is 51.2 Å². The molecule has 9 aromatic carbocycles. The Balaban J connectivity index is 1.16. The van der Waals surface area contributed by atoms with Crippen molar-refractivity contribution in [2.24, 2.45) is 0 Å². The molecular weight excluding hydrogens is 703 g/mol. The number of para-hydroxylation sites is 3. The lowest BCUT2D eigenvalue weighted by atomic mass is 9.75. The second-order valence-electron chi connectivity index (χ2n) is 15.0. The van der Waals surface area contributed by atoms with Crippen molar-refractivity contribution < 1.29 is 0 Å². The summed E-state index contributed by atoms with van der Waals surface area (Å²) in [6.07, 6.45) is 0. The molecule has 2 heterocycles. The Morgan fingerprint density at radius 3 is 1.38 bits per heavy atom. The van der Waals surface area contributed by atoms with Crippen LogP contribution in [-0.2, 0) is 0 Å². The van der Waals surface area contributed by atoms with Crippen LogP contribution >= 0.6 is 0 Å². The number of fused-ring (bicyclic) bond motifs is 4. The highest BCUT2D eigenvalue weighted by molar-refractivity contribution is 5.98. The standard InChI is InChI=1S/C55H39N3/c1-6-17-39(18-7-1)41-29-32-46(33-30-41)57-50-36-31-42(40-19-8-2-9-20-40)37-49(50)54-48-35-34-47(56(43-21-10-3-11-22-43)44-23-12-4-13-24-44)38-53(48)58(45-25-14-5-15-26-45)52-28-16-27-51(57)55(52)54/h1-38,54H. The second-order valence-corrected chi connectivity index (χ2v) is 15.0. The predicted octanol–water partition coefficient (Wildman–Crippen LogP) is 15.2. The fourth-order valence-electron chi connectivity index (χ4n) is 9.04. The van der Waals surface area contributed by atoms with Crippen LogP contribution in [0.2, 0.25) is 0 Å². The summed E-state index contributed by atoms with van der Waals surface area (Å²) in [5, 5.41) is 0. The molecule has 0 saturated heterocycles. The number of anilines is 9. The van der Waals surface area contributed by atoms with Crippen molar-refractivity contribution in [1.29, 1.82) is 0 Å². The lowest BCUT2D eigenvalue weighted by Crippen LogP contribution is -2.29. The molecule has 2 aliphatic rings. The van der Waals surface area contributed by atoms with Crippen LogP contribution in [0.4, 0.5) is 51.2 Å². The van der Waals surface area contributed by atoms with Crippen LogP contribution in [0.15, 0.2) is 231 Å². The monoisotopic (exact) mass is 741 g/mol. The van der Waals surface area contributed by atoms with E-state index in [-0.39, 0.29) is 5.92 Å². The maximum Gasteiger partial charge on any atom is 0.0524 e. The van der Waals surface area contributed by atoms with Crippen molar-refractivity contribution in [3.8, 4) is 22.3 Å². The normalized spacial score (nSPS) is 13.6. The van der Waals surface area contributed by atoms with Crippen LogP contribution in [0.3, 0.4) is 0 Å². The quantitative estimate of drug-likeness (QED) is 0.161. The van der Waals surface area contributed by atoms with Gasteiger partial charge in [-0.1, -0.05) is 146 Å². The Morgan fingerprint density at radius 2 is 0.776 bits per heavy atom. The van der Waals surface area contributed by atoms with Gasteiger partial charge < -0.3 is 14.7 Å². The molecule has 0 saturated carbocycles. The third kappa shape index (κ3) is 5.67. The van der Waals surface area contributed by atoms with E-state index in [2.05, 4.69) is 245 Å². The van der Waals surface area contributed by atoms with Crippen LogP contribution in [0.25, 0.3) is 22.3 Å². The van der Waals surface area contributed by atoms with Crippen LogP contribution in [0.5, 0.6) is 0 Å². The van der Waals surface area contributed by atoms with E-state index in [0.717, 1.165) is 28.4 Å². The summed E-state index contributed by atoms with van der Waals surface area (Å²) < 4.78 is 0. The Labute approximate surface area is 340 Å². The van der Waals surface area contributed by atoms with Gasteiger partial charge in [-0.25, -0.2) is 0 Å². The van der Waals surface area contributed by atoms with Gasteiger partial charge in [-0.2, -0.15) is 0 Å². The fourth-order valence-corrected chi connectivity index (χ4v) is 9.04. The van der Waals surface area contributed by atoms with Gasteiger partial charge in [-0.3, -0.25) is 0 Å². The molecule has 1 atom stereocenters. The molecule has 0 amide bonds. The Hall–Kier alpha value is -7.62. The van der Waals surface area contributed by atoms with E-state index in [9.17, 15) is 0 Å². The second kappa shape index (κ2) is 14.1. The number of benzene rings is 9. The first kappa shape index (κ1) is 33.7. The molecule has 0 bridgehead atoms. The van der Waals surface area contributed by atoms with E-state index in [0.29, 0.717) is 0 Å². The molecule has 1 unspecified atom stereocenters. The minimum absolute atomic E-state index is 0.00406. The number of nitrogens with zero attached hydrogens (tertiary/aromatic N) is 3. The third-order valence-corrected chi connectivity index (χ3v) is 11.6. The highest BCUT2D eigenvalue weighted by Crippen LogP contribution is 2.61. The minimum atomic E-state index is -0.00406. The molecule has 0 radical (unpaired) electrons. The molecule has 0 N–H and O–H groups in total. The molecule has 0 fully saturated rings. The lowest BCUT2D eigenvalue weighted by molar-refractivity contribution is 0.909. The molecule has 0 aromatic heterocycles. The number of hydrogen-bond acceptors (Lipinski definition) is 3. The van der Waals surface area contributed by atoms with Gasteiger partial charge >= 0.3 is 0 Å². The Kier molecular flexibility index (Phi) is 8.22. The van der Waals surface area contributed by atoms with E-state index in [1.54, 1.807) is 0 Å². The molecular formula is C55H39N3. The van der Waals surface area contributed by atoms with Gasteiger partial charge in [0, 0.05) is 39.9 Å². The average Bonchev–Trinajstić information content (AvgIpc) is 3.30. The summed E-state index contributed by atoms with van der Waals surface area (Å²) in [5.41, 5.74) is 19.0.